The lowest BCUT2D eigenvalue weighted by Gasteiger charge is -2.35. The molecule has 1 aliphatic rings. The molecule has 30 heavy (non-hydrogen) atoms. The number of rotatable bonds is 5. The highest BCUT2D eigenvalue weighted by molar-refractivity contribution is 7.19. The number of hydrogen-bond donors (Lipinski definition) is 1. The summed E-state index contributed by atoms with van der Waals surface area (Å²) in [4.78, 5) is 23.7. The molecule has 3 heterocycles. The van der Waals surface area contributed by atoms with Crippen LogP contribution >= 0.6 is 11.3 Å². The number of aromatic nitrogens is 2. The smallest absolute Gasteiger partial charge is 0.372 e. The predicted molar refractivity (Wildman–Crippen MR) is 110 cm³/mol. The molecular formula is C20H25F3N4O2S. The van der Waals surface area contributed by atoms with Gasteiger partial charge in [0.1, 0.15) is 6.42 Å². The van der Waals surface area contributed by atoms with Crippen LogP contribution in [0.1, 0.15) is 37.4 Å². The van der Waals surface area contributed by atoms with Gasteiger partial charge in [0.05, 0.1) is 29.3 Å². The summed E-state index contributed by atoms with van der Waals surface area (Å²) in [6, 6.07) is 3.83. The maximum absolute atomic E-state index is 12.5. The van der Waals surface area contributed by atoms with Crippen molar-refractivity contribution in [2.24, 2.45) is 0 Å². The van der Waals surface area contributed by atoms with Crippen LogP contribution in [0.5, 0.6) is 0 Å². The summed E-state index contributed by atoms with van der Waals surface area (Å²) < 4.78 is 43.2. The van der Waals surface area contributed by atoms with Crippen LogP contribution in [0.15, 0.2) is 12.1 Å². The Labute approximate surface area is 177 Å². The number of nitrogens with zero attached hydrogens (tertiary/aromatic N) is 3. The highest BCUT2D eigenvalue weighted by atomic mass is 32.1. The van der Waals surface area contributed by atoms with Crippen molar-refractivity contribution < 1.29 is 22.7 Å². The molecule has 0 unspecified atom stereocenters. The molecule has 1 aliphatic heterocycles. The molecule has 10 heteroatoms. The number of carbonyl (C=O) groups excluding carboxylic acids is 1. The third-order valence-corrected chi connectivity index (χ3v) is 5.74. The third kappa shape index (κ3) is 5.91. The van der Waals surface area contributed by atoms with Crippen LogP contribution in [0.3, 0.4) is 0 Å². The fourth-order valence-electron chi connectivity index (χ4n) is 3.55. The third-order valence-electron chi connectivity index (χ3n) is 4.53. The van der Waals surface area contributed by atoms with Crippen molar-refractivity contribution in [2.75, 3.05) is 18.0 Å². The molecule has 0 aliphatic carbocycles. The van der Waals surface area contributed by atoms with Crippen LogP contribution in [0.4, 0.5) is 18.3 Å². The molecular weight excluding hydrogens is 417 g/mol. The number of ether oxygens (including phenoxy) is 1. The predicted octanol–water partition coefficient (Wildman–Crippen LogP) is 4.00. The van der Waals surface area contributed by atoms with Gasteiger partial charge in [0.2, 0.25) is 5.91 Å². The minimum atomic E-state index is -4.54. The van der Waals surface area contributed by atoms with E-state index >= 15 is 0 Å². The number of aryl methyl sites for hydroxylation is 2. The van der Waals surface area contributed by atoms with Crippen LogP contribution in [0, 0.1) is 13.8 Å². The van der Waals surface area contributed by atoms with E-state index in [9.17, 15) is 18.0 Å². The molecule has 6 nitrogen and oxygen atoms in total. The number of hydrogen-bond acceptors (Lipinski definition) is 6. The Hall–Kier alpha value is -2.20. The van der Waals surface area contributed by atoms with Gasteiger partial charge in [-0.1, -0.05) is 11.3 Å². The maximum Gasteiger partial charge on any atom is 0.397 e. The maximum atomic E-state index is 12.5. The van der Waals surface area contributed by atoms with Crippen LogP contribution in [-0.4, -0.2) is 47.3 Å². The van der Waals surface area contributed by atoms with Crippen LogP contribution in [0.25, 0.3) is 10.4 Å². The van der Waals surface area contributed by atoms with Crippen molar-refractivity contribution in [3.05, 3.63) is 29.2 Å². The topological polar surface area (TPSA) is 67.3 Å². The Balaban J connectivity index is 1.90. The van der Waals surface area contributed by atoms with E-state index in [-0.39, 0.29) is 18.8 Å². The first kappa shape index (κ1) is 22.5. The summed E-state index contributed by atoms with van der Waals surface area (Å²) in [6.07, 6.45) is -5.96. The van der Waals surface area contributed by atoms with E-state index in [1.807, 2.05) is 39.8 Å². The fourth-order valence-corrected chi connectivity index (χ4v) is 4.63. The molecule has 1 amide bonds. The normalized spacial score (nSPS) is 19.8. The second-order valence-corrected chi connectivity index (χ2v) is 8.62. The highest BCUT2D eigenvalue weighted by Crippen LogP contribution is 2.36. The number of morpholine rings is 1. The zero-order chi connectivity index (χ0) is 22.1. The average Bonchev–Trinajstić information content (AvgIpc) is 3.01. The lowest BCUT2D eigenvalue weighted by molar-refractivity contribution is -0.153. The molecule has 0 radical (unpaired) electrons. The van der Waals surface area contributed by atoms with Gasteiger partial charge in [-0.25, -0.2) is 4.98 Å². The molecule has 1 saturated heterocycles. The summed E-state index contributed by atoms with van der Waals surface area (Å²) in [6.45, 7) is 9.02. The molecule has 2 atom stereocenters. The molecule has 0 bridgehead atoms. The Morgan fingerprint density at radius 2 is 1.80 bits per heavy atom. The molecule has 0 spiro atoms. The van der Waals surface area contributed by atoms with Gasteiger partial charge in [-0.15, -0.1) is 0 Å². The van der Waals surface area contributed by atoms with Gasteiger partial charge < -0.3 is 15.0 Å². The Morgan fingerprint density at radius 3 is 2.37 bits per heavy atom. The first-order valence-electron chi connectivity index (χ1n) is 9.69. The quantitative estimate of drug-likeness (QED) is 0.758. The molecule has 0 aromatic carbocycles. The van der Waals surface area contributed by atoms with Gasteiger partial charge >= 0.3 is 6.18 Å². The van der Waals surface area contributed by atoms with E-state index in [0.717, 1.165) is 27.0 Å². The van der Waals surface area contributed by atoms with Crippen molar-refractivity contribution in [2.45, 2.75) is 59.0 Å². The van der Waals surface area contributed by atoms with Crippen molar-refractivity contribution >= 4 is 22.4 Å². The van der Waals surface area contributed by atoms with Crippen LogP contribution < -0.4 is 10.2 Å². The van der Waals surface area contributed by atoms with Crippen LogP contribution in [-0.2, 0) is 16.1 Å². The van der Waals surface area contributed by atoms with Crippen LogP contribution in [0.2, 0.25) is 0 Å². The minimum absolute atomic E-state index is 0.0430. The number of thiazole rings is 1. The van der Waals surface area contributed by atoms with Gasteiger partial charge in [-0.2, -0.15) is 13.2 Å². The Kier molecular flexibility index (Phi) is 6.66. The largest absolute Gasteiger partial charge is 0.397 e. The first-order valence-corrected chi connectivity index (χ1v) is 10.5. The van der Waals surface area contributed by atoms with E-state index in [0.29, 0.717) is 18.8 Å². The highest BCUT2D eigenvalue weighted by Gasteiger charge is 2.31. The summed E-state index contributed by atoms with van der Waals surface area (Å²) in [5.41, 5.74) is 3.10. The van der Waals surface area contributed by atoms with E-state index < -0.39 is 18.5 Å². The lowest BCUT2D eigenvalue weighted by Crippen LogP contribution is -2.45. The molecule has 2 aromatic heterocycles. The minimum Gasteiger partial charge on any atom is -0.372 e. The van der Waals surface area contributed by atoms with Gasteiger partial charge in [0.25, 0.3) is 0 Å². The second kappa shape index (κ2) is 8.89. The fraction of sp³-hybridized carbons (Fsp3) is 0.550. The van der Waals surface area contributed by atoms with Crippen molar-refractivity contribution in [1.82, 2.24) is 15.3 Å². The zero-order valence-electron chi connectivity index (χ0n) is 17.3. The Bertz CT molecular complexity index is 886. The Morgan fingerprint density at radius 1 is 1.20 bits per heavy atom. The summed E-state index contributed by atoms with van der Waals surface area (Å²) in [5, 5.41) is 3.12. The molecule has 1 fully saturated rings. The van der Waals surface area contributed by atoms with Gasteiger partial charge in [-0.05, 0) is 45.4 Å². The number of halogens is 3. The van der Waals surface area contributed by atoms with E-state index in [1.54, 1.807) is 0 Å². The number of pyridine rings is 1. The molecule has 2 aromatic rings. The molecule has 164 valence electrons. The van der Waals surface area contributed by atoms with Crippen molar-refractivity contribution in [1.29, 1.82) is 0 Å². The SMILES string of the molecule is Cc1cc(-c2sc(N3C[C@@H](C)O[C@@H](C)C3)nc2CNC(=O)CC(F)(F)F)cc(C)n1. The molecule has 0 saturated carbocycles. The van der Waals surface area contributed by atoms with E-state index in [1.165, 1.54) is 11.3 Å². The number of nitrogens with one attached hydrogen (secondary N) is 1. The van der Waals surface area contributed by atoms with Crippen molar-refractivity contribution in [3.8, 4) is 10.4 Å². The number of carbonyl (C=O) groups is 1. The average molecular weight is 443 g/mol. The van der Waals surface area contributed by atoms with E-state index in [2.05, 4.69) is 20.2 Å². The summed E-state index contributed by atoms with van der Waals surface area (Å²) in [7, 11) is 0. The molecule has 1 N–H and O–H groups in total. The lowest BCUT2D eigenvalue weighted by atomic mass is 10.1. The van der Waals surface area contributed by atoms with Gasteiger partial charge in [0.15, 0.2) is 5.13 Å². The summed E-state index contributed by atoms with van der Waals surface area (Å²) >= 11 is 1.46. The first-order chi connectivity index (χ1) is 14.0. The van der Waals surface area contributed by atoms with E-state index in [4.69, 9.17) is 4.74 Å². The summed E-state index contributed by atoms with van der Waals surface area (Å²) in [5.74, 6) is -1.07. The van der Waals surface area contributed by atoms with Gasteiger partial charge in [-0.3, -0.25) is 9.78 Å². The van der Waals surface area contributed by atoms with Crippen molar-refractivity contribution in [3.63, 3.8) is 0 Å². The number of alkyl halides is 3. The monoisotopic (exact) mass is 442 g/mol. The zero-order valence-corrected chi connectivity index (χ0v) is 18.2. The molecule has 3 rings (SSSR count). The number of amides is 1. The van der Waals surface area contributed by atoms with Gasteiger partial charge in [0, 0.05) is 24.5 Å². The number of anilines is 1. The second-order valence-electron chi connectivity index (χ2n) is 7.64. The standard InChI is InChI=1S/C20H25F3N4O2S/c1-11-5-15(6-12(2)25-11)18-16(8-24-17(28)7-20(21,22)23)26-19(30-18)27-9-13(3)29-14(4)10-27/h5-6,13-14H,7-10H2,1-4H3,(H,24,28)/t13-,14+.